The van der Waals surface area contributed by atoms with Crippen LogP contribution in [0.1, 0.15) is 28.9 Å². The second kappa shape index (κ2) is 10.3. The smallest absolute Gasteiger partial charge is 0.256 e. The molecule has 7 nitrogen and oxygen atoms in total. The average molecular weight is 612 g/mol. The van der Waals surface area contributed by atoms with Crippen molar-refractivity contribution in [3.8, 4) is 0 Å². The molecule has 1 amide bonds. The SMILES string of the molecule is C[C@@H](c1ccccc1)n1c(NC(=O)c2cccc(Br)c2)c(S(=O)(=O)c2ccccc2)c2nc3ccccc3nc21. The van der Waals surface area contributed by atoms with Crippen LogP contribution in [-0.2, 0) is 9.84 Å². The van der Waals surface area contributed by atoms with Crippen LogP contribution >= 0.6 is 15.9 Å². The number of sulfone groups is 1. The topological polar surface area (TPSA) is 94.0 Å². The quantitative estimate of drug-likeness (QED) is 0.218. The first-order valence-electron chi connectivity index (χ1n) is 12.6. The van der Waals surface area contributed by atoms with Crippen molar-refractivity contribution in [1.82, 2.24) is 14.5 Å². The predicted octanol–water partition coefficient (Wildman–Crippen LogP) is 7.04. The van der Waals surface area contributed by atoms with Gasteiger partial charge in [0.1, 0.15) is 16.2 Å². The minimum Gasteiger partial charge on any atom is -0.307 e. The zero-order valence-electron chi connectivity index (χ0n) is 21.3. The van der Waals surface area contributed by atoms with Gasteiger partial charge in [-0.2, -0.15) is 0 Å². The van der Waals surface area contributed by atoms with Crippen molar-refractivity contribution in [3.05, 3.63) is 125 Å². The number of carbonyl (C=O) groups is 1. The van der Waals surface area contributed by atoms with E-state index in [-0.39, 0.29) is 21.1 Å². The summed E-state index contributed by atoms with van der Waals surface area (Å²) < 4.78 is 31.1. The van der Waals surface area contributed by atoms with Crippen LogP contribution in [0.5, 0.6) is 0 Å². The van der Waals surface area contributed by atoms with Gasteiger partial charge in [0.2, 0.25) is 9.84 Å². The van der Waals surface area contributed by atoms with Crippen molar-refractivity contribution in [2.24, 2.45) is 0 Å². The van der Waals surface area contributed by atoms with Crippen molar-refractivity contribution in [2.45, 2.75) is 22.8 Å². The molecule has 2 heterocycles. The Morgan fingerprint density at radius 2 is 1.45 bits per heavy atom. The van der Waals surface area contributed by atoms with Crippen molar-refractivity contribution in [3.63, 3.8) is 0 Å². The zero-order valence-corrected chi connectivity index (χ0v) is 23.7. The van der Waals surface area contributed by atoms with Crippen LogP contribution in [0.2, 0.25) is 0 Å². The molecular formula is C31H23BrN4O3S. The molecule has 6 rings (SSSR count). The Labute approximate surface area is 239 Å². The summed E-state index contributed by atoms with van der Waals surface area (Å²) in [6.45, 7) is 1.94. The highest BCUT2D eigenvalue weighted by Gasteiger charge is 2.34. The molecule has 0 radical (unpaired) electrons. The number of amides is 1. The number of fused-ring (bicyclic) bond motifs is 2. The highest BCUT2D eigenvalue weighted by Crippen LogP contribution is 2.40. The number of nitrogens with zero attached hydrogens (tertiary/aromatic N) is 3. The van der Waals surface area contributed by atoms with Gasteiger partial charge >= 0.3 is 0 Å². The van der Waals surface area contributed by atoms with Gasteiger partial charge in [0.05, 0.1) is 22.0 Å². The van der Waals surface area contributed by atoms with Gasteiger partial charge in [0.15, 0.2) is 5.65 Å². The first kappa shape index (κ1) is 25.9. The van der Waals surface area contributed by atoms with E-state index in [4.69, 9.17) is 9.97 Å². The summed E-state index contributed by atoms with van der Waals surface area (Å²) in [5, 5.41) is 2.94. The minimum atomic E-state index is -4.14. The molecule has 40 heavy (non-hydrogen) atoms. The van der Waals surface area contributed by atoms with Gasteiger partial charge < -0.3 is 9.88 Å². The number of rotatable bonds is 6. The number of aromatic nitrogens is 3. The van der Waals surface area contributed by atoms with Gasteiger partial charge in [-0.1, -0.05) is 82.7 Å². The normalized spacial score (nSPS) is 12.4. The number of hydrogen-bond acceptors (Lipinski definition) is 5. The van der Waals surface area contributed by atoms with Crippen LogP contribution in [0.15, 0.2) is 123 Å². The van der Waals surface area contributed by atoms with Gasteiger partial charge in [0, 0.05) is 10.0 Å². The molecular weight excluding hydrogens is 588 g/mol. The lowest BCUT2D eigenvalue weighted by Crippen LogP contribution is -2.19. The van der Waals surface area contributed by atoms with E-state index in [2.05, 4.69) is 21.2 Å². The Kier molecular flexibility index (Phi) is 6.69. The predicted molar refractivity (Wildman–Crippen MR) is 159 cm³/mol. The van der Waals surface area contributed by atoms with E-state index >= 15 is 0 Å². The molecule has 0 aliphatic heterocycles. The van der Waals surface area contributed by atoms with Gasteiger partial charge in [-0.3, -0.25) is 4.79 Å². The van der Waals surface area contributed by atoms with E-state index in [1.807, 2.05) is 61.5 Å². The van der Waals surface area contributed by atoms with Gasteiger partial charge in [-0.15, -0.1) is 0 Å². The van der Waals surface area contributed by atoms with Crippen LogP contribution in [0, 0.1) is 0 Å². The molecule has 0 unspecified atom stereocenters. The third-order valence-electron chi connectivity index (χ3n) is 6.76. The summed E-state index contributed by atoms with van der Waals surface area (Å²) in [6, 6.07) is 31.6. The number of benzene rings is 4. The van der Waals surface area contributed by atoms with Crippen molar-refractivity contribution < 1.29 is 13.2 Å². The lowest BCUT2D eigenvalue weighted by Gasteiger charge is -2.20. The third-order valence-corrected chi connectivity index (χ3v) is 9.07. The second-order valence-electron chi connectivity index (χ2n) is 9.30. The van der Waals surface area contributed by atoms with Crippen LogP contribution in [-0.4, -0.2) is 28.9 Å². The molecule has 6 aromatic rings. The molecule has 1 N–H and O–H groups in total. The number of halogens is 1. The second-order valence-corrected chi connectivity index (χ2v) is 12.1. The van der Waals surface area contributed by atoms with E-state index < -0.39 is 21.8 Å². The molecule has 1 atom stereocenters. The summed E-state index contributed by atoms with van der Waals surface area (Å²) in [4.78, 5) is 23.3. The highest BCUT2D eigenvalue weighted by atomic mass is 79.9. The van der Waals surface area contributed by atoms with Crippen LogP contribution in [0.3, 0.4) is 0 Å². The fourth-order valence-corrected chi connectivity index (χ4v) is 6.74. The molecule has 198 valence electrons. The molecule has 0 spiro atoms. The molecule has 0 aliphatic carbocycles. The van der Waals surface area contributed by atoms with E-state index in [0.29, 0.717) is 22.2 Å². The molecule has 0 bridgehead atoms. The summed E-state index contributed by atoms with van der Waals surface area (Å²) >= 11 is 3.41. The number of para-hydroxylation sites is 2. The van der Waals surface area contributed by atoms with Gasteiger partial charge in [-0.05, 0) is 55.0 Å². The Balaban J connectivity index is 1.70. The largest absolute Gasteiger partial charge is 0.307 e. The van der Waals surface area contributed by atoms with E-state index in [1.165, 1.54) is 12.1 Å². The molecule has 2 aromatic heterocycles. The van der Waals surface area contributed by atoms with Crippen molar-refractivity contribution in [2.75, 3.05) is 5.32 Å². The van der Waals surface area contributed by atoms with Crippen LogP contribution < -0.4 is 5.32 Å². The van der Waals surface area contributed by atoms with E-state index in [0.717, 1.165) is 10.0 Å². The molecule has 9 heteroatoms. The van der Waals surface area contributed by atoms with Crippen molar-refractivity contribution in [1.29, 1.82) is 0 Å². The Morgan fingerprint density at radius 1 is 0.825 bits per heavy atom. The first-order valence-corrected chi connectivity index (χ1v) is 14.8. The summed E-state index contributed by atoms with van der Waals surface area (Å²) in [5.41, 5.74) is 2.99. The average Bonchev–Trinajstić information content (AvgIpc) is 3.29. The third kappa shape index (κ3) is 4.57. The maximum Gasteiger partial charge on any atom is 0.256 e. The fraction of sp³-hybridized carbons (Fsp3) is 0.0645. The molecule has 4 aromatic carbocycles. The Morgan fingerprint density at radius 3 is 2.12 bits per heavy atom. The lowest BCUT2D eigenvalue weighted by atomic mass is 10.1. The van der Waals surface area contributed by atoms with E-state index in [9.17, 15) is 13.2 Å². The standard InChI is InChI=1S/C31H23BrN4O3S/c1-20(21-11-4-2-5-12-21)36-29-27(33-25-17-8-9-18-26(25)34-29)28(40(38,39)24-15-6-3-7-16-24)30(36)35-31(37)22-13-10-14-23(32)19-22/h2-20H,1H3,(H,35,37)/t20-/m0/s1. The van der Waals surface area contributed by atoms with Crippen molar-refractivity contribution >= 4 is 59.7 Å². The maximum absolute atomic E-state index is 14.3. The van der Waals surface area contributed by atoms with Crippen LogP contribution in [0.25, 0.3) is 22.2 Å². The minimum absolute atomic E-state index is 0.0920. The summed E-state index contributed by atoms with van der Waals surface area (Å²) in [7, 11) is -4.14. The fourth-order valence-electron chi connectivity index (χ4n) is 4.79. The molecule has 0 fully saturated rings. The van der Waals surface area contributed by atoms with Crippen LogP contribution in [0.4, 0.5) is 5.82 Å². The zero-order chi connectivity index (χ0) is 27.9. The maximum atomic E-state index is 14.3. The Hall–Kier alpha value is -4.34. The number of nitrogens with one attached hydrogen (secondary N) is 1. The summed E-state index contributed by atoms with van der Waals surface area (Å²) in [5.74, 6) is -0.352. The van der Waals surface area contributed by atoms with E-state index in [1.54, 1.807) is 47.0 Å². The molecule has 0 aliphatic rings. The monoisotopic (exact) mass is 610 g/mol. The Bertz CT molecular complexity index is 1990. The number of hydrogen-bond donors (Lipinski definition) is 1. The van der Waals surface area contributed by atoms with Gasteiger partial charge in [0.25, 0.3) is 5.91 Å². The number of carbonyl (C=O) groups excluding carboxylic acids is 1. The number of anilines is 1. The van der Waals surface area contributed by atoms with Gasteiger partial charge in [-0.25, -0.2) is 18.4 Å². The first-order chi connectivity index (χ1) is 19.3. The molecule has 0 saturated carbocycles. The molecule has 0 saturated heterocycles. The summed E-state index contributed by atoms with van der Waals surface area (Å²) in [6.07, 6.45) is 0. The highest BCUT2D eigenvalue weighted by molar-refractivity contribution is 9.10. The lowest BCUT2D eigenvalue weighted by molar-refractivity contribution is 0.102.